The Labute approximate surface area is 132 Å². The average molecular weight is 336 g/mol. The second-order valence-corrected chi connectivity index (χ2v) is 6.75. The summed E-state index contributed by atoms with van der Waals surface area (Å²) >= 11 is 0. The van der Waals surface area contributed by atoms with E-state index in [1.165, 1.54) is 30.3 Å². The van der Waals surface area contributed by atoms with Gasteiger partial charge in [0.25, 0.3) is 15.9 Å². The van der Waals surface area contributed by atoms with Crippen LogP contribution in [-0.2, 0) is 14.8 Å². The standard InChI is InChI=1S/C15H13FN2O4S/c1-9-2-3-10(6-12(9)16)18-23(20,21)11-4-5-13-14(7-11)22-8-15(19)17-13/h2-7,18H,8H2,1H3,(H,17,19). The SMILES string of the molecule is Cc1ccc(NS(=O)(=O)c2ccc3c(c2)OCC(=O)N3)cc1F. The predicted molar refractivity (Wildman–Crippen MR) is 82.5 cm³/mol. The first-order valence-electron chi connectivity index (χ1n) is 6.71. The van der Waals surface area contributed by atoms with Gasteiger partial charge in [-0.1, -0.05) is 6.07 Å². The zero-order chi connectivity index (χ0) is 16.6. The summed E-state index contributed by atoms with van der Waals surface area (Å²) in [6.07, 6.45) is 0. The zero-order valence-electron chi connectivity index (χ0n) is 12.1. The summed E-state index contributed by atoms with van der Waals surface area (Å²) in [7, 11) is -3.90. The normalized spacial score (nSPS) is 13.7. The van der Waals surface area contributed by atoms with Crippen molar-refractivity contribution >= 4 is 27.3 Å². The molecule has 8 heteroatoms. The molecule has 0 spiro atoms. The van der Waals surface area contributed by atoms with Crippen LogP contribution in [0.1, 0.15) is 5.56 Å². The lowest BCUT2D eigenvalue weighted by atomic mass is 10.2. The average Bonchev–Trinajstić information content (AvgIpc) is 2.50. The lowest BCUT2D eigenvalue weighted by Gasteiger charge is -2.18. The molecule has 0 fully saturated rings. The van der Waals surface area contributed by atoms with E-state index < -0.39 is 15.8 Å². The molecule has 0 saturated heterocycles. The molecule has 1 heterocycles. The number of rotatable bonds is 3. The molecule has 1 aliphatic heterocycles. The van der Waals surface area contributed by atoms with Crippen molar-refractivity contribution < 1.29 is 22.3 Å². The van der Waals surface area contributed by atoms with Gasteiger partial charge in [0.05, 0.1) is 16.3 Å². The molecule has 2 N–H and O–H groups in total. The van der Waals surface area contributed by atoms with Gasteiger partial charge in [-0.25, -0.2) is 12.8 Å². The van der Waals surface area contributed by atoms with E-state index in [1.807, 2.05) is 0 Å². The van der Waals surface area contributed by atoms with E-state index in [0.29, 0.717) is 11.3 Å². The Hall–Kier alpha value is -2.61. The van der Waals surface area contributed by atoms with Gasteiger partial charge in [-0.15, -0.1) is 0 Å². The minimum Gasteiger partial charge on any atom is -0.482 e. The number of benzene rings is 2. The maximum absolute atomic E-state index is 13.5. The molecule has 2 aromatic rings. The third-order valence-corrected chi connectivity index (χ3v) is 4.70. The van der Waals surface area contributed by atoms with E-state index in [0.717, 1.165) is 6.07 Å². The minimum atomic E-state index is -3.90. The van der Waals surface area contributed by atoms with Crippen molar-refractivity contribution in [2.75, 3.05) is 16.6 Å². The second kappa shape index (κ2) is 5.54. The van der Waals surface area contributed by atoms with Crippen molar-refractivity contribution in [3.05, 3.63) is 47.8 Å². The third kappa shape index (κ3) is 3.11. The number of carbonyl (C=O) groups excluding carboxylic acids is 1. The lowest BCUT2D eigenvalue weighted by molar-refractivity contribution is -0.118. The highest BCUT2D eigenvalue weighted by Crippen LogP contribution is 2.31. The van der Waals surface area contributed by atoms with Crippen LogP contribution in [0.5, 0.6) is 5.75 Å². The quantitative estimate of drug-likeness (QED) is 0.900. The molecule has 1 amide bonds. The highest BCUT2D eigenvalue weighted by molar-refractivity contribution is 7.92. The summed E-state index contributed by atoms with van der Waals surface area (Å²) in [6.45, 7) is 1.41. The molecule has 0 bridgehead atoms. The number of sulfonamides is 1. The molecule has 6 nitrogen and oxygen atoms in total. The summed E-state index contributed by atoms with van der Waals surface area (Å²) < 4.78 is 45.8. The summed E-state index contributed by atoms with van der Waals surface area (Å²) in [6, 6.07) is 8.16. The van der Waals surface area contributed by atoms with Crippen LogP contribution in [-0.4, -0.2) is 20.9 Å². The molecule has 0 saturated carbocycles. The van der Waals surface area contributed by atoms with Gasteiger partial charge in [0.2, 0.25) is 0 Å². The van der Waals surface area contributed by atoms with Gasteiger partial charge in [0.15, 0.2) is 6.61 Å². The van der Waals surface area contributed by atoms with E-state index in [-0.39, 0.29) is 28.8 Å². The number of nitrogens with one attached hydrogen (secondary N) is 2. The fourth-order valence-corrected chi connectivity index (χ4v) is 3.16. The van der Waals surface area contributed by atoms with Gasteiger partial charge in [0, 0.05) is 6.07 Å². The number of carbonyl (C=O) groups is 1. The number of halogens is 1. The van der Waals surface area contributed by atoms with Crippen molar-refractivity contribution in [3.63, 3.8) is 0 Å². The van der Waals surface area contributed by atoms with Gasteiger partial charge in [-0.2, -0.15) is 0 Å². The topological polar surface area (TPSA) is 84.5 Å². The second-order valence-electron chi connectivity index (χ2n) is 5.06. The highest BCUT2D eigenvalue weighted by Gasteiger charge is 2.21. The Morgan fingerprint density at radius 1 is 1.22 bits per heavy atom. The number of hydrogen-bond acceptors (Lipinski definition) is 4. The zero-order valence-corrected chi connectivity index (χ0v) is 12.9. The number of amides is 1. The molecule has 3 rings (SSSR count). The van der Waals surface area contributed by atoms with E-state index in [4.69, 9.17) is 4.74 Å². The summed E-state index contributed by atoms with van der Waals surface area (Å²) in [5, 5.41) is 2.57. The predicted octanol–water partition coefficient (Wildman–Crippen LogP) is 2.27. The first-order valence-corrected chi connectivity index (χ1v) is 8.19. The van der Waals surface area contributed by atoms with E-state index in [2.05, 4.69) is 10.0 Å². The minimum absolute atomic E-state index is 0.0478. The Morgan fingerprint density at radius 2 is 2.00 bits per heavy atom. The first-order chi connectivity index (χ1) is 10.8. The van der Waals surface area contributed by atoms with E-state index in [9.17, 15) is 17.6 Å². The Balaban J connectivity index is 1.90. The van der Waals surface area contributed by atoms with Crippen molar-refractivity contribution in [1.82, 2.24) is 0 Å². The Bertz CT molecular complexity index is 896. The molecule has 0 unspecified atom stereocenters. The summed E-state index contributed by atoms with van der Waals surface area (Å²) in [5.41, 5.74) is 0.951. The van der Waals surface area contributed by atoms with Crippen LogP contribution in [0.3, 0.4) is 0 Å². The molecular formula is C15H13FN2O4S. The molecule has 2 aromatic carbocycles. The van der Waals surface area contributed by atoms with Gasteiger partial charge < -0.3 is 10.1 Å². The van der Waals surface area contributed by atoms with Crippen molar-refractivity contribution in [2.45, 2.75) is 11.8 Å². The fraction of sp³-hybridized carbons (Fsp3) is 0.133. The molecule has 0 radical (unpaired) electrons. The van der Waals surface area contributed by atoms with Gasteiger partial charge in [-0.05, 0) is 36.8 Å². The van der Waals surface area contributed by atoms with Crippen LogP contribution in [0.15, 0.2) is 41.3 Å². The number of anilines is 2. The third-order valence-electron chi connectivity index (χ3n) is 3.32. The van der Waals surface area contributed by atoms with Gasteiger partial charge in [-0.3, -0.25) is 9.52 Å². The van der Waals surface area contributed by atoms with Gasteiger partial charge >= 0.3 is 0 Å². The Morgan fingerprint density at radius 3 is 2.74 bits per heavy atom. The van der Waals surface area contributed by atoms with Gasteiger partial charge in [0.1, 0.15) is 11.6 Å². The molecule has 1 aliphatic rings. The molecule has 0 aromatic heterocycles. The first kappa shape index (κ1) is 15.3. The van der Waals surface area contributed by atoms with Crippen molar-refractivity contribution in [3.8, 4) is 5.75 Å². The van der Waals surface area contributed by atoms with Crippen LogP contribution in [0.2, 0.25) is 0 Å². The maximum Gasteiger partial charge on any atom is 0.262 e. The Kier molecular flexibility index (Phi) is 3.69. The maximum atomic E-state index is 13.5. The van der Waals surface area contributed by atoms with Crippen LogP contribution in [0.4, 0.5) is 15.8 Å². The largest absolute Gasteiger partial charge is 0.482 e. The van der Waals surface area contributed by atoms with Crippen LogP contribution in [0.25, 0.3) is 0 Å². The molecule has 0 aliphatic carbocycles. The lowest BCUT2D eigenvalue weighted by Crippen LogP contribution is -2.25. The van der Waals surface area contributed by atoms with Crippen LogP contribution in [0, 0.1) is 12.7 Å². The number of ether oxygens (including phenoxy) is 1. The van der Waals surface area contributed by atoms with Crippen LogP contribution >= 0.6 is 0 Å². The number of hydrogen-bond donors (Lipinski definition) is 2. The summed E-state index contributed by atoms with van der Waals surface area (Å²) in [4.78, 5) is 11.2. The number of aryl methyl sites for hydroxylation is 1. The molecular weight excluding hydrogens is 323 g/mol. The smallest absolute Gasteiger partial charge is 0.262 e. The molecule has 23 heavy (non-hydrogen) atoms. The monoisotopic (exact) mass is 336 g/mol. The number of fused-ring (bicyclic) bond motifs is 1. The fourth-order valence-electron chi connectivity index (χ4n) is 2.09. The van der Waals surface area contributed by atoms with Crippen LogP contribution < -0.4 is 14.8 Å². The van der Waals surface area contributed by atoms with E-state index >= 15 is 0 Å². The highest BCUT2D eigenvalue weighted by atomic mass is 32.2. The van der Waals surface area contributed by atoms with Crippen molar-refractivity contribution in [2.24, 2.45) is 0 Å². The summed E-state index contributed by atoms with van der Waals surface area (Å²) in [5.74, 6) is -0.536. The molecule has 0 atom stereocenters. The molecule has 120 valence electrons. The van der Waals surface area contributed by atoms with Crippen molar-refractivity contribution in [1.29, 1.82) is 0 Å². The van der Waals surface area contributed by atoms with E-state index in [1.54, 1.807) is 6.92 Å².